The molecule has 0 unspecified atom stereocenters. The van der Waals surface area contributed by atoms with Crippen LogP contribution >= 0.6 is 0 Å². The number of aromatic amines is 1. The molecular formula is C17H14FN3. The van der Waals surface area contributed by atoms with Gasteiger partial charge in [-0.05, 0) is 37.1 Å². The van der Waals surface area contributed by atoms with Crippen molar-refractivity contribution in [3.05, 3.63) is 48.0 Å². The third kappa shape index (κ3) is 1.50. The summed E-state index contributed by atoms with van der Waals surface area (Å²) in [6.45, 7) is 1.00. The quantitative estimate of drug-likeness (QED) is 0.711. The molecule has 1 saturated carbocycles. The van der Waals surface area contributed by atoms with Crippen molar-refractivity contribution in [1.82, 2.24) is 9.97 Å². The maximum absolute atomic E-state index is 13.5. The van der Waals surface area contributed by atoms with Crippen molar-refractivity contribution < 1.29 is 4.39 Å². The molecule has 2 aliphatic rings. The average molecular weight is 279 g/mol. The summed E-state index contributed by atoms with van der Waals surface area (Å²) >= 11 is 0. The molecule has 0 amide bonds. The maximum atomic E-state index is 13.5. The van der Waals surface area contributed by atoms with E-state index in [1.165, 1.54) is 24.5 Å². The smallest absolute Gasteiger partial charge is 0.129 e. The molecule has 1 aliphatic carbocycles. The zero-order valence-electron chi connectivity index (χ0n) is 11.4. The van der Waals surface area contributed by atoms with Gasteiger partial charge in [0.25, 0.3) is 0 Å². The minimum atomic E-state index is -0.210. The van der Waals surface area contributed by atoms with E-state index < -0.39 is 0 Å². The molecule has 2 aromatic heterocycles. The fraction of sp³-hybridized carbons (Fsp3) is 0.235. The van der Waals surface area contributed by atoms with Crippen LogP contribution in [0.1, 0.15) is 18.4 Å². The lowest BCUT2D eigenvalue weighted by Gasteiger charge is -2.07. The second-order valence-corrected chi connectivity index (χ2v) is 6.15. The van der Waals surface area contributed by atoms with Gasteiger partial charge in [0.2, 0.25) is 0 Å². The highest BCUT2D eigenvalue weighted by Crippen LogP contribution is 2.54. The number of H-pyrrole nitrogens is 1. The van der Waals surface area contributed by atoms with Crippen LogP contribution in [0.3, 0.4) is 0 Å². The second-order valence-electron chi connectivity index (χ2n) is 6.15. The van der Waals surface area contributed by atoms with E-state index in [2.05, 4.69) is 21.4 Å². The van der Waals surface area contributed by atoms with E-state index >= 15 is 0 Å². The Balaban J connectivity index is 1.72. The molecule has 1 spiro atoms. The van der Waals surface area contributed by atoms with E-state index in [1.807, 2.05) is 12.4 Å². The first-order valence-corrected chi connectivity index (χ1v) is 7.27. The number of aromatic nitrogens is 2. The highest BCUT2D eigenvalue weighted by molar-refractivity contribution is 5.95. The average Bonchev–Trinajstić information content (AvgIpc) is 3.03. The highest BCUT2D eigenvalue weighted by Gasteiger charge is 2.49. The summed E-state index contributed by atoms with van der Waals surface area (Å²) in [6.07, 6.45) is 6.29. The number of pyridine rings is 1. The minimum Gasteiger partial charge on any atom is -0.369 e. The molecule has 0 radical (unpaired) electrons. The number of halogens is 1. The van der Waals surface area contributed by atoms with Gasteiger partial charge in [0.15, 0.2) is 0 Å². The van der Waals surface area contributed by atoms with Crippen molar-refractivity contribution in [3.8, 4) is 11.1 Å². The van der Waals surface area contributed by atoms with E-state index in [9.17, 15) is 4.39 Å². The monoisotopic (exact) mass is 279 g/mol. The molecule has 4 heteroatoms. The predicted octanol–water partition coefficient (Wildman–Crippen LogP) is 3.83. The summed E-state index contributed by atoms with van der Waals surface area (Å²) in [5, 5.41) is 4.30. The molecule has 0 atom stereocenters. The molecule has 1 fully saturated rings. The Bertz CT molecular complexity index is 877. The molecule has 3 aromatic rings. The third-order valence-electron chi connectivity index (χ3n) is 4.86. The van der Waals surface area contributed by atoms with E-state index in [4.69, 9.17) is 0 Å². The van der Waals surface area contributed by atoms with E-state index in [-0.39, 0.29) is 5.82 Å². The van der Waals surface area contributed by atoms with Crippen molar-refractivity contribution in [2.24, 2.45) is 0 Å². The van der Waals surface area contributed by atoms with Gasteiger partial charge in [-0.2, -0.15) is 0 Å². The zero-order chi connectivity index (χ0) is 14.0. The molecule has 0 bridgehead atoms. The lowest BCUT2D eigenvalue weighted by Crippen LogP contribution is -2.08. The molecular weight excluding hydrogens is 265 g/mol. The molecule has 5 rings (SSSR count). The molecule has 1 aromatic carbocycles. The summed E-state index contributed by atoms with van der Waals surface area (Å²) < 4.78 is 13.5. The number of hydrogen-bond donors (Lipinski definition) is 2. The van der Waals surface area contributed by atoms with Crippen LogP contribution < -0.4 is 5.32 Å². The van der Waals surface area contributed by atoms with E-state index in [0.29, 0.717) is 5.41 Å². The number of hydrogen-bond acceptors (Lipinski definition) is 2. The van der Waals surface area contributed by atoms with Gasteiger partial charge in [-0.3, -0.25) is 0 Å². The zero-order valence-corrected chi connectivity index (χ0v) is 11.4. The molecule has 21 heavy (non-hydrogen) atoms. The first kappa shape index (κ1) is 11.3. The third-order valence-corrected chi connectivity index (χ3v) is 4.86. The first-order valence-electron chi connectivity index (χ1n) is 7.27. The van der Waals surface area contributed by atoms with Gasteiger partial charge in [0.1, 0.15) is 11.6 Å². The normalized spacial score (nSPS) is 18.0. The van der Waals surface area contributed by atoms with Crippen LogP contribution in [0.15, 0.2) is 36.7 Å². The Labute approximate surface area is 121 Å². The predicted molar refractivity (Wildman–Crippen MR) is 80.9 cm³/mol. The number of nitrogens with zero attached hydrogens (tertiary/aromatic N) is 1. The standard InChI is InChI=1S/C17H14FN3/c18-11-1-2-15-12(6-11)13(8-19-15)10-5-14-16(20-7-10)21-9-17(14)3-4-17/h1-2,5-8,19H,3-4,9H2,(H,20,21). The lowest BCUT2D eigenvalue weighted by atomic mass is 9.97. The molecule has 1 aliphatic heterocycles. The number of benzene rings is 1. The maximum Gasteiger partial charge on any atom is 0.129 e. The molecule has 3 nitrogen and oxygen atoms in total. The summed E-state index contributed by atoms with van der Waals surface area (Å²) in [5.41, 5.74) is 4.66. The van der Waals surface area contributed by atoms with Crippen LogP contribution in [0.4, 0.5) is 10.2 Å². The Hall–Kier alpha value is -2.36. The van der Waals surface area contributed by atoms with Gasteiger partial charge in [-0.25, -0.2) is 9.37 Å². The van der Waals surface area contributed by atoms with Crippen LogP contribution in [0.2, 0.25) is 0 Å². The highest BCUT2D eigenvalue weighted by atomic mass is 19.1. The van der Waals surface area contributed by atoms with Gasteiger partial charge < -0.3 is 10.3 Å². The number of nitrogens with one attached hydrogen (secondary N) is 2. The summed E-state index contributed by atoms with van der Waals surface area (Å²) in [7, 11) is 0. The first-order chi connectivity index (χ1) is 10.3. The van der Waals surface area contributed by atoms with Crippen molar-refractivity contribution in [2.75, 3.05) is 11.9 Å². The van der Waals surface area contributed by atoms with Crippen molar-refractivity contribution in [1.29, 1.82) is 0 Å². The van der Waals surface area contributed by atoms with Gasteiger partial charge >= 0.3 is 0 Å². The Morgan fingerprint density at radius 2 is 2.10 bits per heavy atom. The van der Waals surface area contributed by atoms with E-state index in [1.54, 1.807) is 12.1 Å². The van der Waals surface area contributed by atoms with Crippen LogP contribution in [0.25, 0.3) is 22.0 Å². The summed E-state index contributed by atoms with van der Waals surface area (Å²) in [5.74, 6) is 0.806. The van der Waals surface area contributed by atoms with Crippen LogP contribution in [-0.4, -0.2) is 16.5 Å². The minimum absolute atomic E-state index is 0.210. The van der Waals surface area contributed by atoms with Crippen molar-refractivity contribution >= 4 is 16.7 Å². The molecule has 2 N–H and O–H groups in total. The Kier molecular flexibility index (Phi) is 1.96. The van der Waals surface area contributed by atoms with Gasteiger partial charge in [0, 0.05) is 51.9 Å². The van der Waals surface area contributed by atoms with Gasteiger partial charge in [-0.1, -0.05) is 0 Å². The largest absolute Gasteiger partial charge is 0.369 e. The fourth-order valence-electron chi connectivity index (χ4n) is 3.43. The van der Waals surface area contributed by atoms with Gasteiger partial charge in [0.05, 0.1) is 0 Å². The number of anilines is 1. The van der Waals surface area contributed by atoms with Crippen LogP contribution in [-0.2, 0) is 5.41 Å². The van der Waals surface area contributed by atoms with Crippen molar-refractivity contribution in [3.63, 3.8) is 0 Å². The Morgan fingerprint density at radius 1 is 1.19 bits per heavy atom. The molecule has 0 saturated heterocycles. The fourth-order valence-corrected chi connectivity index (χ4v) is 3.43. The SMILES string of the molecule is Fc1ccc2[nH]cc(-c3cnc4c(c3)C3(CC3)CN4)c2c1. The van der Waals surface area contributed by atoms with Crippen molar-refractivity contribution in [2.45, 2.75) is 18.3 Å². The molecule has 104 valence electrons. The van der Waals surface area contributed by atoms with Gasteiger partial charge in [-0.15, -0.1) is 0 Å². The van der Waals surface area contributed by atoms with Crippen LogP contribution in [0.5, 0.6) is 0 Å². The second kappa shape index (κ2) is 3.64. The lowest BCUT2D eigenvalue weighted by molar-refractivity contribution is 0.630. The summed E-state index contributed by atoms with van der Waals surface area (Å²) in [4.78, 5) is 7.77. The molecule has 3 heterocycles. The number of rotatable bonds is 1. The van der Waals surface area contributed by atoms with Crippen LogP contribution in [0, 0.1) is 5.82 Å². The van der Waals surface area contributed by atoms with E-state index in [0.717, 1.165) is 34.4 Å². The summed E-state index contributed by atoms with van der Waals surface area (Å²) in [6, 6.07) is 7.06. The Morgan fingerprint density at radius 3 is 2.95 bits per heavy atom. The number of fused-ring (bicyclic) bond motifs is 3. The topological polar surface area (TPSA) is 40.7 Å².